The van der Waals surface area contributed by atoms with Crippen molar-refractivity contribution in [3.8, 4) is 0 Å². The van der Waals surface area contributed by atoms with Crippen LogP contribution in [-0.4, -0.2) is 71.6 Å². The Morgan fingerprint density at radius 3 is 1.06 bits per heavy atom. The normalized spacial score (nSPS) is 9.77. The molecule has 10 N–H and O–H groups in total. The molecule has 70 heavy (non-hydrogen) atoms. The maximum Gasteiger partial charge on any atom is 0.248 e. The Balaban J connectivity index is 0.000000229. The molecule has 0 atom stereocenters. The van der Waals surface area contributed by atoms with Gasteiger partial charge in [0, 0.05) is 22.5 Å². The summed E-state index contributed by atoms with van der Waals surface area (Å²) in [6.07, 6.45) is 0. The van der Waals surface area contributed by atoms with Crippen LogP contribution in [0.25, 0.3) is 0 Å². The first-order valence-electron chi connectivity index (χ1n) is 18.0. The van der Waals surface area contributed by atoms with Gasteiger partial charge >= 0.3 is 0 Å². The summed E-state index contributed by atoms with van der Waals surface area (Å²) in [6, 6.07) is 27.5. The number of anilines is 6. The molecule has 20 nitrogen and oxygen atoms in total. The highest BCUT2D eigenvalue weighted by Crippen LogP contribution is 2.24. The maximum atomic E-state index is 11.0. The average Bonchev–Trinajstić information content (AvgIpc) is 3.25. The van der Waals surface area contributed by atoms with Crippen LogP contribution in [0.15, 0.2) is 97.1 Å². The van der Waals surface area contributed by atoms with Crippen LogP contribution in [0.5, 0.6) is 0 Å². The lowest BCUT2D eigenvalue weighted by atomic mass is 10.2. The minimum absolute atomic E-state index is 0.000000000000000444. The van der Waals surface area contributed by atoms with Gasteiger partial charge in [0.05, 0.1) is 21.4 Å². The Bertz CT molecular complexity index is 2810. The van der Waals surface area contributed by atoms with Crippen molar-refractivity contribution in [2.24, 2.45) is 11.5 Å². The topological polar surface area (TPSA) is 317 Å². The Hall–Kier alpha value is -5.46. The number of aromatic nitrogens is 12. The fourth-order valence-corrected chi connectivity index (χ4v) is 6.37. The van der Waals surface area contributed by atoms with E-state index < -0.39 is 11.8 Å². The molecule has 0 aliphatic heterocycles. The molecule has 0 aliphatic rings. The number of primary amides is 2. The summed E-state index contributed by atoms with van der Waals surface area (Å²) in [6.45, 7) is 0. The number of halogens is 12. The number of rotatable bonds is 6. The fraction of sp³-hybridized carbons (Fsp3) is 0. The van der Waals surface area contributed by atoms with Crippen molar-refractivity contribution in [1.29, 1.82) is 0 Å². The molecule has 0 saturated heterocycles. The molecule has 32 heteroatoms. The quantitative estimate of drug-likeness (QED) is 0.0843. The van der Waals surface area contributed by atoms with E-state index in [-0.39, 0.29) is 64.7 Å². The van der Waals surface area contributed by atoms with Crippen LogP contribution in [0, 0.1) is 0 Å². The standard InChI is InChI=1S/C10H7Cl2N5O.C9H5Cl3N4.C7H8N2O.C6H6ClN.2C3Cl3N3/c11-8-15-9(12)17-10(16-8)14-6-3-1-2-5(4-6)7(13)18;10-5-3-1-2-4-6(5)13-9-15-7(11)14-8(12)16-9;8-6-3-1-2-5(4-6)7(9)10;7-5-3-1-2-4-6(5)8;2*4-1-7-2(5)9-3(6)8-1/h1-4H,(H2,13,18)(H,14,15,16,17);1-4H,(H,13,14,15,16);1-4H,8H2,(H2,9,10);1-4H,8H2;;. The minimum Gasteiger partial charge on any atom is -0.399 e. The number of nitrogens with one attached hydrogen (secondary N) is 2. The zero-order valence-electron chi connectivity index (χ0n) is 34.3. The molecule has 8 aromatic rings. The third kappa shape index (κ3) is 23.4. The predicted octanol–water partition coefficient (Wildman–Crippen LogP) is 11.5. The molecule has 0 spiro atoms. The number of amides is 2. The molecule has 0 radical (unpaired) electrons. The second-order valence-electron chi connectivity index (χ2n) is 11.9. The molecule has 0 bridgehead atoms. The summed E-state index contributed by atoms with van der Waals surface area (Å²) in [5.74, 6) is -0.544. The van der Waals surface area contributed by atoms with Gasteiger partial charge in [-0.3, -0.25) is 9.59 Å². The number of nitrogen functional groups attached to an aromatic ring is 2. The molecule has 8 rings (SSSR count). The van der Waals surface area contributed by atoms with E-state index in [4.69, 9.17) is 162 Å². The summed E-state index contributed by atoms with van der Waals surface area (Å²) in [7, 11) is 0. The highest BCUT2D eigenvalue weighted by atomic mass is 35.5. The van der Waals surface area contributed by atoms with Crippen molar-refractivity contribution in [2.75, 3.05) is 22.1 Å². The minimum atomic E-state index is -0.523. The molecular weight excluding hydrogens is 1170 g/mol. The third-order valence-electron chi connectivity index (χ3n) is 6.87. The van der Waals surface area contributed by atoms with Gasteiger partial charge in [0.2, 0.25) is 76.5 Å². The number of hydrogen-bond acceptors (Lipinski definition) is 18. The summed E-state index contributed by atoms with van der Waals surface area (Å²) >= 11 is 66.0. The van der Waals surface area contributed by atoms with Crippen LogP contribution < -0.4 is 33.6 Å². The van der Waals surface area contributed by atoms with Crippen LogP contribution in [0.2, 0.25) is 62.9 Å². The van der Waals surface area contributed by atoms with E-state index >= 15 is 0 Å². The highest BCUT2D eigenvalue weighted by Gasteiger charge is 2.07. The summed E-state index contributed by atoms with van der Waals surface area (Å²) < 4.78 is 0. The van der Waals surface area contributed by atoms with E-state index in [1.807, 2.05) is 24.3 Å². The molecule has 0 fully saturated rings. The van der Waals surface area contributed by atoms with E-state index in [1.165, 1.54) is 0 Å². The van der Waals surface area contributed by atoms with Gasteiger partial charge in [0.25, 0.3) is 0 Å². The van der Waals surface area contributed by atoms with E-state index in [0.717, 1.165) is 0 Å². The first kappa shape index (κ1) is 58.9. The fourth-order valence-electron chi connectivity index (χ4n) is 4.10. The van der Waals surface area contributed by atoms with Crippen LogP contribution in [0.4, 0.5) is 34.6 Å². The first-order valence-corrected chi connectivity index (χ1v) is 22.5. The first-order chi connectivity index (χ1) is 33.1. The number of carbonyl (C=O) groups is 2. The molecular formula is C38H26Cl12N18O2. The molecule has 0 saturated carbocycles. The average molecular weight is 1190 g/mol. The third-order valence-corrected chi connectivity index (χ3v) is 9.23. The lowest BCUT2D eigenvalue weighted by Crippen LogP contribution is -2.11. The molecule has 364 valence electrons. The van der Waals surface area contributed by atoms with Crippen LogP contribution >= 0.6 is 139 Å². The second kappa shape index (κ2) is 30.3. The van der Waals surface area contributed by atoms with Gasteiger partial charge in [-0.25, -0.2) is 0 Å². The van der Waals surface area contributed by atoms with Crippen LogP contribution in [0.1, 0.15) is 20.7 Å². The van der Waals surface area contributed by atoms with Gasteiger partial charge in [0.1, 0.15) is 0 Å². The monoisotopic (exact) mass is 1190 g/mol. The summed E-state index contributed by atoms with van der Waals surface area (Å²) in [4.78, 5) is 64.9. The summed E-state index contributed by atoms with van der Waals surface area (Å²) in [5.41, 5.74) is 24.2. The zero-order valence-corrected chi connectivity index (χ0v) is 43.3. The van der Waals surface area contributed by atoms with E-state index in [0.29, 0.717) is 43.9 Å². The summed E-state index contributed by atoms with van der Waals surface area (Å²) in [5, 5.41) is 6.90. The van der Waals surface area contributed by atoms with Gasteiger partial charge in [0.15, 0.2) is 0 Å². The number of nitrogens with two attached hydrogens (primary N) is 4. The van der Waals surface area contributed by atoms with Crippen molar-refractivity contribution in [1.82, 2.24) is 59.8 Å². The second-order valence-corrected chi connectivity index (χ2v) is 16.1. The molecule has 4 aromatic heterocycles. The van der Waals surface area contributed by atoms with Crippen molar-refractivity contribution in [3.63, 3.8) is 0 Å². The molecule has 4 aromatic carbocycles. The van der Waals surface area contributed by atoms with Gasteiger partial charge in [-0.05, 0) is 177 Å². The van der Waals surface area contributed by atoms with E-state index in [1.54, 1.807) is 72.8 Å². The Morgan fingerprint density at radius 2 is 0.714 bits per heavy atom. The Labute approximate surface area is 456 Å². The maximum absolute atomic E-state index is 11.0. The smallest absolute Gasteiger partial charge is 0.248 e. The Kier molecular flexibility index (Phi) is 25.5. The van der Waals surface area contributed by atoms with Crippen LogP contribution in [0.3, 0.4) is 0 Å². The number of benzene rings is 4. The lowest BCUT2D eigenvalue weighted by molar-refractivity contribution is 0.0992. The van der Waals surface area contributed by atoms with Gasteiger partial charge in [-0.2, -0.15) is 59.8 Å². The molecule has 2 amide bonds. The van der Waals surface area contributed by atoms with E-state index in [9.17, 15) is 9.59 Å². The zero-order chi connectivity index (χ0) is 51.9. The SMILES string of the molecule is Clc1nc(Cl)nc(Cl)n1.Clc1nc(Cl)nc(Cl)n1.Clc1nc(Cl)nc(Nc2ccccc2Cl)n1.NC(=O)c1cccc(N)c1.NC(=O)c1cccc(Nc2nc(Cl)nc(Cl)n2)c1.Nc1ccccc1Cl. The van der Waals surface area contributed by atoms with Crippen molar-refractivity contribution in [2.45, 2.75) is 0 Å². The largest absolute Gasteiger partial charge is 0.399 e. The highest BCUT2D eigenvalue weighted by molar-refractivity contribution is 6.35. The van der Waals surface area contributed by atoms with Crippen molar-refractivity contribution < 1.29 is 9.59 Å². The molecule has 0 aliphatic carbocycles. The number of hydrogen-bond donors (Lipinski definition) is 6. The predicted molar refractivity (Wildman–Crippen MR) is 278 cm³/mol. The Morgan fingerprint density at radius 1 is 0.371 bits per heavy atom. The molecule has 4 heterocycles. The van der Waals surface area contributed by atoms with Gasteiger partial charge < -0.3 is 33.6 Å². The van der Waals surface area contributed by atoms with Gasteiger partial charge in [-0.1, -0.05) is 59.6 Å². The van der Waals surface area contributed by atoms with Crippen molar-refractivity contribution >= 4 is 186 Å². The lowest BCUT2D eigenvalue weighted by Gasteiger charge is -2.06. The number of nitrogens with zero attached hydrogens (tertiary/aromatic N) is 12. The number of carbonyl (C=O) groups excluding carboxylic acids is 2. The molecule has 0 unspecified atom stereocenters. The number of para-hydroxylation sites is 2. The van der Waals surface area contributed by atoms with E-state index in [2.05, 4.69) is 70.4 Å². The van der Waals surface area contributed by atoms with Gasteiger partial charge in [-0.15, -0.1) is 0 Å². The van der Waals surface area contributed by atoms with Crippen molar-refractivity contribution in [3.05, 3.63) is 171 Å². The van der Waals surface area contributed by atoms with Crippen LogP contribution in [-0.2, 0) is 0 Å².